The number of alkyl halides is 2. The molecule has 1 saturated heterocycles. The van der Waals surface area contributed by atoms with E-state index in [4.69, 9.17) is 0 Å². The molecule has 1 aliphatic carbocycles. The van der Waals surface area contributed by atoms with Gasteiger partial charge in [0.2, 0.25) is 5.95 Å². The molecule has 4 rings (SSSR count). The third-order valence-corrected chi connectivity index (χ3v) is 4.82. The first-order valence-electron chi connectivity index (χ1n) is 9.18. The summed E-state index contributed by atoms with van der Waals surface area (Å²) in [6, 6.07) is 3.43. The van der Waals surface area contributed by atoms with Crippen LogP contribution >= 0.6 is 0 Å². The van der Waals surface area contributed by atoms with Gasteiger partial charge < -0.3 is 15.1 Å². The molecule has 7 nitrogen and oxygen atoms in total. The molecule has 0 amide bonds. The molecule has 27 heavy (non-hydrogen) atoms. The molecule has 3 heterocycles. The van der Waals surface area contributed by atoms with E-state index in [-0.39, 0.29) is 17.7 Å². The lowest BCUT2D eigenvalue weighted by molar-refractivity contribution is 0.145. The number of hydrogen-bond acceptors (Lipinski definition) is 7. The lowest BCUT2D eigenvalue weighted by Crippen LogP contribution is -2.27. The highest BCUT2D eigenvalue weighted by Crippen LogP contribution is 2.39. The van der Waals surface area contributed by atoms with E-state index in [1.165, 1.54) is 6.07 Å². The van der Waals surface area contributed by atoms with Gasteiger partial charge >= 0.3 is 0 Å². The highest BCUT2D eigenvalue weighted by Gasteiger charge is 2.30. The Morgan fingerprint density at radius 3 is 2.70 bits per heavy atom. The Hall–Kier alpha value is -2.58. The Kier molecular flexibility index (Phi) is 4.75. The highest BCUT2D eigenvalue weighted by atomic mass is 19.3. The van der Waals surface area contributed by atoms with Crippen molar-refractivity contribution in [2.75, 3.05) is 42.3 Å². The van der Waals surface area contributed by atoms with E-state index in [1.54, 1.807) is 6.20 Å². The second-order valence-corrected chi connectivity index (χ2v) is 7.30. The zero-order valence-corrected chi connectivity index (χ0v) is 15.4. The monoisotopic (exact) mass is 375 g/mol. The van der Waals surface area contributed by atoms with Gasteiger partial charge in [-0.2, -0.15) is 4.98 Å². The maximum Gasteiger partial charge on any atom is 0.280 e. The molecule has 0 spiro atoms. The van der Waals surface area contributed by atoms with Gasteiger partial charge in [-0.05, 0) is 25.3 Å². The van der Waals surface area contributed by atoms with Crippen LogP contribution in [0.15, 0.2) is 18.3 Å². The van der Waals surface area contributed by atoms with Crippen LogP contribution in [-0.2, 0) is 0 Å². The number of hydrogen-bond donors (Lipinski definition) is 1. The summed E-state index contributed by atoms with van der Waals surface area (Å²) < 4.78 is 26.5. The predicted octanol–water partition coefficient (Wildman–Crippen LogP) is 2.84. The van der Waals surface area contributed by atoms with Gasteiger partial charge in [-0.15, -0.1) is 0 Å². The summed E-state index contributed by atoms with van der Waals surface area (Å²) in [6.45, 7) is 1.44. The van der Waals surface area contributed by atoms with Crippen LogP contribution in [0.1, 0.15) is 43.1 Å². The molecule has 1 saturated carbocycles. The van der Waals surface area contributed by atoms with E-state index in [0.717, 1.165) is 31.6 Å². The van der Waals surface area contributed by atoms with Crippen molar-refractivity contribution < 1.29 is 8.78 Å². The third kappa shape index (κ3) is 4.06. The van der Waals surface area contributed by atoms with E-state index < -0.39 is 6.43 Å². The fourth-order valence-electron chi connectivity index (χ4n) is 3.21. The van der Waals surface area contributed by atoms with Crippen molar-refractivity contribution in [3.8, 4) is 0 Å². The van der Waals surface area contributed by atoms with E-state index in [9.17, 15) is 8.78 Å². The summed E-state index contributed by atoms with van der Waals surface area (Å²) >= 11 is 0. The maximum absolute atomic E-state index is 13.2. The van der Waals surface area contributed by atoms with Crippen molar-refractivity contribution in [2.24, 2.45) is 0 Å². The molecule has 2 fully saturated rings. The Morgan fingerprint density at radius 2 is 2.00 bits per heavy atom. The average molecular weight is 375 g/mol. The summed E-state index contributed by atoms with van der Waals surface area (Å²) in [6.07, 6.45) is 2.00. The van der Waals surface area contributed by atoms with Gasteiger partial charge in [-0.25, -0.2) is 23.7 Å². The van der Waals surface area contributed by atoms with Gasteiger partial charge in [0.1, 0.15) is 23.2 Å². The number of anilines is 3. The Balaban J connectivity index is 1.47. The first kappa shape index (κ1) is 17.8. The molecule has 2 aliphatic rings. The Labute approximate surface area is 156 Å². The van der Waals surface area contributed by atoms with Crippen LogP contribution in [0.4, 0.5) is 26.4 Å². The fourth-order valence-corrected chi connectivity index (χ4v) is 3.21. The topological polar surface area (TPSA) is 70.1 Å². The Bertz CT molecular complexity index is 790. The minimum atomic E-state index is -2.58. The van der Waals surface area contributed by atoms with Gasteiger partial charge in [0.25, 0.3) is 6.43 Å². The first-order chi connectivity index (χ1) is 13.0. The molecule has 2 aromatic heterocycles. The Morgan fingerprint density at radius 1 is 1.19 bits per heavy atom. The maximum atomic E-state index is 13.2. The second kappa shape index (κ2) is 7.21. The van der Waals surface area contributed by atoms with Crippen LogP contribution in [0, 0.1) is 0 Å². The molecule has 0 aromatic carbocycles. The van der Waals surface area contributed by atoms with E-state index in [1.807, 2.05) is 30.0 Å². The molecular formula is C18H23F2N7. The van der Waals surface area contributed by atoms with E-state index in [0.29, 0.717) is 24.1 Å². The summed E-state index contributed by atoms with van der Waals surface area (Å²) in [4.78, 5) is 21.2. The normalized spacial score (nSPS) is 19.6. The van der Waals surface area contributed by atoms with Crippen LogP contribution < -0.4 is 15.1 Å². The lowest BCUT2D eigenvalue weighted by atomic mass is 10.2. The zero-order valence-electron chi connectivity index (χ0n) is 15.4. The fraction of sp³-hybridized carbons (Fsp3) is 0.556. The largest absolute Gasteiger partial charge is 0.365 e. The van der Waals surface area contributed by atoms with Crippen molar-refractivity contribution in [2.45, 2.75) is 37.6 Å². The van der Waals surface area contributed by atoms with Gasteiger partial charge in [-0.1, -0.05) is 0 Å². The number of rotatable bonds is 6. The van der Waals surface area contributed by atoms with Crippen molar-refractivity contribution in [1.82, 2.24) is 19.9 Å². The highest BCUT2D eigenvalue weighted by molar-refractivity contribution is 5.46. The summed E-state index contributed by atoms with van der Waals surface area (Å²) in [5.74, 6) is 2.80. The van der Waals surface area contributed by atoms with Crippen molar-refractivity contribution in [1.29, 1.82) is 0 Å². The zero-order chi connectivity index (χ0) is 19.0. The van der Waals surface area contributed by atoms with Crippen LogP contribution in [0.5, 0.6) is 0 Å². The van der Waals surface area contributed by atoms with Crippen molar-refractivity contribution in [3.63, 3.8) is 0 Å². The van der Waals surface area contributed by atoms with Gasteiger partial charge in [0.15, 0.2) is 0 Å². The van der Waals surface area contributed by atoms with Crippen molar-refractivity contribution >= 4 is 17.6 Å². The SMILES string of the molecule is CN(C)c1nccc(NC2CCN(c3cc(C(F)F)nc(C4CC4)n3)C2)n1. The molecule has 9 heteroatoms. The van der Waals surface area contributed by atoms with Crippen LogP contribution in [0.2, 0.25) is 0 Å². The molecule has 2 aromatic rings. The van der Waals surface area contributed by atoms with Crippen LogP contribution in [0.3, 0.4) is 0 Å². The summed E-state index contributed by atoms with van der Waals surface area (Å²) in [7, 11) is 3.78. The predicted molar refractivity (Wildman–Crippen MR) is 99.6 cm³/mol. The standard InChI is InChI=1S/C18H23F2N7/c1-26(2)18-21-7-5-14(24-18)22-12-6-8-27(10-12)15-9-13(16(19)20)23-17(25-15)11-3-4-11/h5,7,9,11-12,16H,3-4,6,8,10H2,1-2H3,(H,21,22,24). The van der Waals surface area contributed by atoms with E-state index in [2.05, 4.69) is 25.3 Å². The number of nitrogens with one attached hydrogen (secondary N) is 1. The molecular weight excluding hydrogens is 352 g/mol. The molecule has 1 N–H and O–H groups in total. The number of halogens is 2. The van der Waals surface area contributed by atoms with Gasteiger partial charge in [-0.3, -0.25) is 0 Å². The second-order valence-electron chi connectivity index (χ2n) is 7.30. The molecule has 1 unspecified atom stereocenters. The minimum absolute atomic E-state index is 0.171. The average Bonchev–Trinajstić information content (AvgIpc) is 3.41. The minimum Gasteiger partial charge on any atom is -0.365 e. The van der Waals surface area contributed by atoms with Crippen LogP contribution in [-0.4, -0.2) is 53.2 Å². The molecule has 1 atom stereocenters. The van der Waals surface area contributed by atoms with Gasteiger partial charge in [0, 0.05) is 51.4 Å². The summed E-state index contributed by atoms with van der Waals surface area (Å²) in [5, 5.41) is 3.41. The molecule has 0 bridgehead atoms. The molecule has 144 valence electrons. The first-order valence-corrected chi connectivity index (χ1v) is 9.18. The molecule has 1 aliphatic heterocycles. The van der Waals surface area contributed by atoms with Crippen molar-refractivity contribution in [3.05, 3.63) is 29.8 Å². The smallest absolute Gasteiger partial charge is 0.280 e. The van der Waals surface area contributed by atoms with E-state index >= 15 is 0 Å². The number of aromatic nitrogens is 4. The third-order valence-electron chi connectivity index (χ3n) is 4.82. The summed E-state index contributed by atoms with van der Waals surface area (Å²) in [5.41, 5.74) is -0.176. The molecule has 0 radical (unpaired) electrons. The quantitative estimate of drug-likeness (QED) is 0.832. The van der Waals surface area contributed by atoms with Gasteiger partial charge in [0.05, 0.1) is 0 Å². The van der Waals surface area contributed by atoms with Crippen LogP contribution in [0.25, 0.3) is 0 Å². The lowest BCUT2D eigenvalue weighted by Gasteiger charge is -2.20. The number of nitrogens with zero attached hydrogens (tertiary/aromatic N) is 6.